The summed E-state index contributed by atoms with van der Waals surface area (Å²) < 4.78 is 24.3. The van der Waals surface area contributed by atoms with Crippen LogP contribution in [-0.4, -0.2) is 19.7 Å². The second-order valence-electron chi connectivity index (χ2n) is 2.93. The summed E-state index contributed by atoms with van der Waals surface area (Å²) in [6, 6.07) is 4.65. The van der Waals surface area contributed by atoms with Gasteiger partial charge in [0, 0.05) is 5.56 Å². The molecule has 0 spiro atoms. The van der Waals surface area contributed by atoms with Crippen molar-refractivity contribution in [3.8, 4) is 0 Å². The number of nitrogens with two attached hydrogens (primary N) is 1. The second kappa shape index (κ2) is 4.34. The summed E-state index contributed by atoms with van der Waals surface area (Å²) in [4.78, 5) is 0.184. The number of sulfonamides is 1. The first-order chi connectivity index (χ1) is 6.79. The van der Waals surface area contributed by atoms with Crippen LogP contribution < -0.4 is 10.5 Å². The van der Waals surface area contributed by atoms with Crippen LogP contribution in [0.25, 0.3) is 0 Å². The molecule has 0 radical (unpaired) electrons. The quantitative estimate of drug-likeness (QED) is 0.809. The van der Waals surface area contributed by atoms with Crippen molar-refractivity contribution in [2.45, 2.75) is 0 Å². The zero-order valence-corrected chi connectivity index (χ0v) is 10.2. The molecule has 0 heterocycles. The van der Waals surface area contributed by atoms with Gasteiger partial charge in [-0.1, -0.05) is 29.9 Å². The first-order valence-electron chi connectivity index (χ1n) is 3.87. The molecule has 7 heteroatoms. The number of anilines is 1. The minimum atomic E-state index is -3.36. The van der Waals surface area contributed by atoms with Crippen molar-refractivity contribution < 1.29 is 8.42 Å². The van der Waals surface area contributed by atoms with Crippen molar-refractivity contribution in [2.75, 3.05) is 11.0 Å². The van der Waals surface area contributed by atoms with Crippen molar-refractivity contribution in [1.82, 2.24) is 0 Å². The van der Waals surface area contributed by atoms with Crippen molar-refractivity contribution in [3.05, 3.63) is 28.8 Å². The van der Waals surface area contributed by atoms with Crippen LogP contribution in [0.2, 0.25) is 5.02 Å². The van der Waals surface area contributed by atoms with Crippen molar-refractivity contribution in [1.29, 1.82) is 0 Å². The molecular weight excluding hydrogens is 256 g/mol. The number of rotatable bonds is 3. The summed E-state index contributed by atoms with van der Waals surface area (Å²) in [7, 11) is -3.36. The molecule has 0 fully saturated rings. The molecule has 0 aliphatic rings. The SMILES string of the molecule is CS(=O)(=O)Nc1cc(C(N)=S)ccc1Cl. The maximum atomic E-state index is 11.0. The van der Waals surface area contributed by atoms with Crippen LogP contribution in [0.5, 0.6) is 0 Å². The summed E-state index contributed by atoms with van der Waals surface area (Å²) in [5.41, 5.74) is 6.23. The van der Waals surface area contributed by atoms with Gasteiger partial charge in [-0.3, -0.25) is 4.72 Å². The van der Waals surface area contributed by atoms with E-state index < -0.39 is 10.0 Å². The highest BCUT2D eigenvalue weighted by molar-refractivity contribution is 7.92. The Hall–Kier alpha value is -0.850. The summed E-state index contributed by atoms with van der Waals surface area (Å²) in [6.45, 7) is 0. The Morgan fingerprint density at radius 3 is 2.60 bits per heavy atom. The van der Waals surface area contributed by atoms with Crippen molar-refractivity contribution >= 4 is 44.5 Å². The third-order valence-corrected chi connectivity index (χ3v) is 2.70. The summed E-state index contributed by atoms with van der Waals surface area (Å²) in [5.74, 6) is 0. The van der Waals surface area contributed by atoms with Crippen molar-refractivity contribution in [2.24, 2.45) is 5.73 Å². The predicted octanol–water partition coefficient (Wildman–Crippen LogP) is 1.35. The molecule has 0 atom stereocenters. The van der Waals surface area contributed by atoms with Gasteiger partial charge in [0.1, 0.15) is 4.99 Å². The lowest BCUT2D eigenvalue weighted by atomic mass is 10.2. The first kappa shape index (κ1) is 12.2. The van der Waals surface area contributed by atoms with E-state index in [1.807, 2.05) is 0 Å². The number of thiocarbonyl (C=S) groups is 1. The minimum absolute atomic E-state index is 0.184. The molecule has 3 N–H and O–H groups in total. The van der Waals surface area contributed by atoms with E-state index in [9.17, 15) is 8.42 Å². The summed E-state index contributed by atoms with van der Waals surface area (Å²) in [5, 5.41) is 0.292. The Labute approximate surface area is 98.5 Å². The van der Waals surface area contributed by atoms with Crippen LogP contribution in [0.1, 0.15) is 5.56 Å². The molecule has 0 unspecified atom stereocenters. The average molecular weight is 265 g/mol. The van der Waals surface area contributed by atoms with E-state index >= 15 is 0 Å². The van der Waals surface area contributed by atoms with Gasteiger partial charge in [0.25, 0.3) is 0 Å². The lowest BCUT2D eigenvalue weighted by Gasteiger charge is -2.07. The molecule has 15 heavy (non-hydrogen) atoms. The van der Waals surface area contributed by atoms with E-state index in [-0.39, 0.29) is 10.7 Å². The molecule has 82 valence electrons. The van der Waals surface area contributed by atoms with E-state index in [0.29, 0.717) is 10.6 Å². The zero-order valence-electron chi connectivity index (χ0n) is 7.82. The van der Waals surface area contributed by atoms with E-state index in [2.05, 4.69) is 4.72 Å². The lowest BCUT2D eigenvalue weighted by molar-refractivity contribution is 0.607. The lowest BCUT2D eigenvalue weighted by Crippen LogP contribution is -2.13. The minimum Gasteiger partial charge on any atom is -0.389 e. The van der Waals surface area contributed by atoms with Gasteiger partial charge < -0.3 is 5.73 Å². The molecule has 0 amide bonds. The fourth-order valence-corrected chi connectivity index (χ4v) is 1.87. The normalized spacial score (nSPS) is 11.1. The van der Waals surface area contributed by atoms with Gasteiger partial charge in [-0.25, -0.2) is 8.42 Å². The molecule has 1 rings (SSSR count). The van der Waals surface area contributed by atoms with Crippen molar-refractivity contribution in [3.63, 3.8) is 0 Å². The molecule has 4 nitrogen and oxygen atoms in total. The van der Waals surface area contributed by atoms with Crippen LogP contribution >= 0.6 is 23.8 Å². The standard InChI is InChI=1S/C8H9ClN2O2S2/c1-15(12,13)11-7-4-5(8(10)14)2-3-6(7)9/h2-4,11H,1H3,(H2,10,14). The molecule has 1 aromatic carbocycles. The Morgan fingerprint density at radius 1 is 1.53 bits per heavy atom. The average Bonchev–Trinajstić information content (AvgIpc) is 2.06. The number of benzene rings is 1. The van der Waals surface area contributed by atoms with Gasteiger partial charge in [0.05, 0.1) is 17.0 Å². The smallest absolute Gasteiger partial charge is 0.229 e. The monoisotopic (exact) mass is 264 g/mol. The number of nitrogens with one attached hydrogen (secondary N) is 1. The van der Waals surface area contributed by atoms with Gasteiger partial charge in [-0.2, -0.15) is 0 Å². The Kier molecular flexibility index (Phi) is 3.54. The summed E-state index contributed by atoms with van der Waals surface area (Å²) in [6.07, 6.45) is 1.04. The highest BCUT2D eigenvalue weighted by Crippen LogP contribution is 2.23. The molecule has 0 aliphatic heterocycles. The fourth-order valence-electron chi connectivity index (χ4n) is 0.956. The molecule has 1 aromatic rings. The largest absolute Gasteiger partial charge is 0.389 e. The van der Waals surface area contributed by atoms with Crippen LogP contribution in [0.4, 0.5) is 5.69 Å². The van der Waals surface area contributed by atoms with Gasteiger partial charge >= 0.3 is 0 Å². The topological polar surface area (TPSA) is 72.2 Å². The molecule has 0 bridgehead atoms. The van der Waals surface area contributed by atoms with Crippen LogP contribution in [0.15, 0.2) is 18.2 Å². The molecule has 0 saturated heterocycles. The fraction of sp³-hybridized carbons (Fsp3) is 0.125. The first-order valence-corrected chi connectivity index (χ1v) is 6.54. The van der Waals surface area contributed by atoms with E-state index in [0.717, 1.165) is 6.26 Å². The van der Waals surface area contributed by atoms with Gasteiger partial charge in [0.2, 0.25) is 10.0 Å². The highest BCUT2D eigenvalue weighted by Gasteiger charge is 2.08. The number of hydrogen-bond acceptors (Lipinski definition) is 3. The maximum absolute atomic E-state index is 11.0. The van der Waals surface area contributed by atoms with E-state index in [1.165, 1.54) is 12.1 Å². The Balaban J connectivity index is 3.17. The molecule has 0 aromatic heterocycles. The third-order valence-electron chi connectivity index (χ3n) is 1.55. The van der Waals surface area contributed by atoms with Crippen LogP contribution in [0, 0.1) is 0 Å². The highest BCUT2D eigenvalue weighted by atomic mass is 35.5. The Bertz CT molecular complexity index is 499. The molecule has 0 saturated carbocycles. The van der Waals surface area contributed by atoms with Gasteiger partial charge in [-0.15, -0.1) is 0 Å². The maximum Gasteiger partial charge on any atom is 0.229 e. The summed E-state index contributed by atoms with van der Waals surface area (Å²) >= 11 is 10.6. The predicted molar refractivity (Wildman–Crippen MR) is 65.8 cm³/mol. The van der Waals surface area contributed by atoms with Gasteiger partial charge in [-0.05, 0) is 12.1 Å². The second-order valence-corrected chi connectivity index (χ2v) is 5.53. The van der Waals surface area contributed by atoms with Crippen LogP contribution in [-0.2, 0) is 10.0 Å². The molecule has 0 aliphatic carbocycles. The zero-order chi connectivity index (χ0) is 11.6. The van der Waals surface area contributed by atoms with E-state index in [1.54, 1.807) is 6.07 Å². The molecular formula is C8H9ClN2O2S2. The number of hydrogen-bond donors (Lipinski definition) is 2. The van der Waals surface area contributed by atoms with Gasteiger partial charge in [0.15, 0.2) is 0 Å². The number of halogens is 1. The van der Waals surface area contributed by atoms with E-state index in [4.69, 9.17) is 29.6 Å². The van der Waals surface area contributed by atoms with Crippen LogP contribution in [0.3, 0.4) is 0 Å². The Morgan fingerprint density at radius 2 is 2.13 bits per heavy atom. The third kappa shape index (κ3) is 3.65.